The number of carbonyl (C=O) groups is 2. The Morgan fingerprint density at radius 1 is 1.05 bits per heavy atom. The number of hydrogen-bond acceptors (Lipinski definition) is 5. The zero-order chi connectivity index (χ0) is 26.7. The highest BCUT2D eigenvalue weighted by Crippen LogP contribution is 2.46. The first kappa shape index (κ1) is 27.1. The smallest absolute Gasteiger partial charge is 0.233 e. The number of likely N-dealkylation sites (tertiary alicyclic amines) is 1. The van der Waals surface area contributed by atoms with Crippen molar-refractivity contribution in [2.45, 2.75) is 65.4 Å². The summed E-state index contributed by atoms with van der Waals surface area (Å²) in [7, 11) is 0. The lowest BCUT2D eigenvalue weighted by molar-refractivity contribution is -0.140. The molecular formula is C31H39NO5. The van der Waals surface area contributed by atoms with E-state index in [1.54, 1.807) is 6.07 Å². The molecule has 1 aliphatic heterocycles. The second-order valence-corrected chi connectivity index (χ2v) is 10.5. The molecule has 6 nitrogen and oxygen atoms in total. The van der Waals surface area contributed by atoms with Crippen LogP contribution in [-0.2, 0) is 9.59 Å². The summed E-state index contributed by atoms with van der Waals surface area (Å²) < 4.78 is 0. The monoisotopic (exact) mass is 505 g/mol. The standard InChI is InChI=1S/C31H39NO5/c1-4-8-20(17-21-12-14-26(34)23-10-7-6-9-22(21)23)11-13-27(35)28-19(3)16-24-29(25(28)18-33)31(37)32(15-5-2)30(24)36/h6-7,9-10,12,14,17,24-25,27,29,33-35H,4-5,8,11,13,15-16,18H2,1-3H3/b20-17+/t24-,25+,27-,29-/m1/s1. The molecule has 2 aromatic carbocycles. The van der Waals surface area contributed by atoms with Gasteiger partial charge in [0.05, 0.1) is 24.5 Å². The van der Waals surface area contributed by atoms with Crippen molar-refractivity contribution in [2.75, 3.05) is 13.2 Å². The molecule has 1 heterocycles. The average molecular weight is 506 g/mol. The highest BCUT2D eigenvalue weighted by atomic mass is 16.3. The van der Waals surface area contributed by atoms with Crippen LogP contribution in [-0.4, -0.2) is 51.3 Å². The van der Waals surface area contributed by atoms with Gasteiger partial charge in [0.25, 0.3) is 0 Å². The van der Waals surface area contributed by atoms with Gasteiger partial charge in [0.15, 0.2) is 0 Å². The summed E-state index contributed by atoms with van der Waals surface area (Å²) in [5.41, 5.74) is 3.87. The van der Waals surface area contributed by atoms with Crippen molar-refractivity contribution < 1.29 is 24.9 Å². The van der Waals surface area contributed by atoms with E-state index in [0.717, 1.165) is 40.3 Å². The number of phenolic OH excluding ortho intramolecular Hbond substituents is 1. The largest absolute Gasteiger partial charge is 0.507 e. The minimum Gasteiger partial charge on any atom is -0.507 e. The van der Waals surface area contributed by atoms with Gasteiger partial charge in [-0.2, -0.15) is 0 Å². The van der Waals surface area contributed by atoms with Gasteiger partial charge in [0, 0.05) is 17.8 Å². The number of amides is 2. The van der Waals surface area contributed by atoms with Crippen LogP contribution in [0.3, 0.4) is 0 Å². The van der Waals surface area contributed by atoms with Gasteiger partial charge < -0.3 is 15.3 Å². The molecule has 37 heavy (non-hydrogen) atoms. The molecule has 1 saturated heterocycles. The van der Waals surface area contributed by atoms with E-state index >= 15 is 0 Å². The average Bonchev–Trinajstić information content (AvgIpc) is 3.12. The molecule has 0 unspecified atom stereocenters. The molecule has 4 rings (SSSR count). The molecule has 0 radical (unpaired) electrons. The molecule has 1 aliphatic carbocycles. The highest BCUT2D eigenvalue weighted by Gasteiger charge is 2.54. The number of imide groups is 1. The second-order valence-electron chi connectivity index (χ2n) is 10.5. The predicted octanol–water partition coefficient (Wildman–Crippen LogP) is 5.21. The maximum absolute atomic E-state index is 13.1. The molecule has 3 N–H and O–H groups in total. The second kappa shape index (κ2) is 11.6. The zero-order valence-corrected chi connectivity index (χ0v) is 22.1. The molecule has 0 saturated carbocycles. The van der Waals surface area contributed by atoms with Crippen LogP contribution in [0.4, 0.5) is 0 Å². The van der Waals surface area contributed by atoms with Gasteiger partial charge in [-0.3, -0.25) is 14.5 Å². The van der Waals surface area contributed by atoms with Gasteiger partial charge in [0.2, 0.25) is 11.8 Å². The lowest BCUT2D eigenvalue weighted by Crippen LogP contribution is -2.38. The number of carbonyl (C=O) groups excluding carboxylic acids is 2. The third kappa shape index (κ3) is 5.23. The van der Waals surface area contributed by atoms with E-state index in [2.05, 4.69) is 13.0 Å². The normalized spacial score (nSPS) is 23.2. The third-order valence-electron chi connectivity index (χ3n) is 8.03. The molecule has 0 spiro atoms. The maximum atomic E-state index is 13.1. The van der Waals surface area contributed by atoms with Crippen molar-refractivity contribution in [2.24, 2.45) is 17.8 Å². The van der Waals surface area contributed by atoms with Crippen LogP contribution in [0.5, 0.6) is 5.75 Å². The Hall–Kier alpha value is -2.96. The summed E-state index contributed by atoms with van der Waals surface area (Å²) in [6.45, 7) is 6.12. The van der Waals surface area contributed by atoms with E-state index in [0.29, 0.717) is 32.2 Å². The van der Waals surface area contributed by atoms with Crippen LogP contribution in [0, 0.1) is 17.8 Å². The molecular weight excluding hydrogens is 466 g/mol. The summed E-state index contributed by atoms with van der Waals surface area (Å²) in [5, 5.41) is 33.7. The number of aliphatic hydroxyl groups excluding tert-OH is 2. The first-order valence-electron chi connectivity index (χ1n) is 13.6. The van der Waals surface area contributed by atoms with Crippen LogP contribution >= 0.6 is 0 Å². The zero-order valence-electron chi connectivity index (χ0n) is 22.1. The van der Waals surface area contributed by atoms with Crippen LogP contribution in [0.2, 0.25) is 0 Å². The number of rotatable bonds is 10. The molecule has 2 aromatic rings. The highest BCUT2D eigenvalue weighted by molar-refractivity contribution is 6.05. The van der Waals surface area contributed by atoms with E-state index in [-0.39, 0.29) is 24.2 Å². The van der Waals surface area contributed by atoms with Gasteiger partial charge in [-0.1, -0.05) is 67.8 Å². The Labute approximate surface area is 219 Å². The molecule has 0 bridgehead atoms. The Morgan fingerprint density at radius 2 is 1.78 bits per heavy atom. The number of aliphatic hydroxyl groups is 2. The number of benzene rings is 2. The molecule has 2 amide bonds. The first-order valence-corrected chi connectivity index (χ1v) is 13.6. The Balaban J connectivity index is 1.56. The van der Waals surface area contributed by atoms with Crippen LogP contribution in [0.1, 0.15) is 64.9 Å². The van der Waals surface area contributed by atoms with Crippen molar-refractivity contribution in [1.29, 1.82) is 0 Å². The molecule has 198 valence electrons. The summed E-state index contributed by atoms with van der Waals surface area (Å²) in [5.74, 6) is -1.66. The van der Waals surface area contributed by atoms with Crippen molar-refractivity contribution in [3.05, 3.63) is 58.7 Å². The molecule has 4 atom stereocenters. The number of fused-ring (bicyclic) bond motifs is 2. The number of aromatic hydroxyl groups is 1. The number of nitrogens with zero attached hydrogens (tertiary/aromatic N) is 1. The molecule has 0 aromatic heterocycles. The lowest BCUT2D eigenvalue weighted by Gasteiger charge is -2.35. The maximum Gasteiger partial charge on any atom is 0.233 e. The summed E-state index contributed by atoms with van der Waals surface area (Å²) in [4.78, 5) is 27.4. The molecule has 2 aliphatic rings. The van der Waals surface area contributed by atoms with Crippen molar-refractivity contribution in [3.63, 3.8) is 0 Å². The van der Waals surface area contributed by atoms with Crippen molar-refractivity contribution in [3.8, 4) is 5.75 Å². The van der Waals surface area contributed by atoms with Gasteiger partial charge in [-0.15, -0.1) is 0 Å². The minimum atomic E-state index is -0.793. The Morgan fingerprint density at radius 3 is 2.46 bits per heavy atom. The Bertz CT molecular complexity index is 1230. The van der Waals surface area contributed by atoms with Crippen LogP contribution in [0.25, 0.3) is 16.8 Å². The predicted molar refractivity (Wildman–Crippen MR) is 146 cm³/mol. The fourth-order valence-electron chi connectivity index (χ4n) is 6.35. The van der Waals surface area contributed by atoms with E-state index in [4.69, 9.17) is 0 Å². The lowest BCUT2D eigenvalue weighted by atomic mass is 9.68. The van der Waals surface area contributed by atoms with E-state index < -0.39 is 23.9 Å². The topological polar surface area (TPSA) is 98.1 Å². The number of allylic oxidation sites excluding steroid dienone is 2. The SMILES string of the molecule is CCC/C(=C\c1ccc(O)c2ccccc12)CC[C@@H](O)C1=C(C)C[C@H]2C(=O)N(CCC)C(=O)[C@H]2[C@H]1CO. The van der Waals surface area contributed by atoms with E-state index in [1.165, 1.54) is 10.5 Å². The van der Waals surface area contributed by atoms with E-state index in [1.807, 2.05) is 44.2 Å². The van der Waals surface area contributed by atoms with Crippen LogP contribution in [0.15, 0.2) is 53.1 Å². The fraction of sp³-hybridized carbons (Fsp3) is 0.484. The van der Waals surface area contributed by atoms with Crippen molar-refractivity contribution in [1.82, 2.24) is 4.90 Å². The first-order chi connectivity index (χ1) is 17.8. The summed E-state index contributed by atoms with van der Waals surface area (Å²) in [6.07, 6.45) is 5.51. The fourth-order valence-corrected chi connectivity index (χ4v) is 6.35. The minimum absolute atomic E-state index is 0.141. The van der Waals surface area contributed by atoms with Gasteiger partial charge >= 0.3 is 0 Å². The third-order valence-corrected chi connectivity index (χ3v) is 8.03. The number of hydrogen-bond donors (Lipinski definition) is 3. The van der Waals surface area contributed by atoms with Gasteiger partial charge in [-0.05, 0) is 61.6 Å². The molecule has 1 fully saturated rings. The Kier molecular flexibility index (Phi) is 8.50. The summed E-state index contributed by atoms with van der Waals surface area (Å²) >= 11 is 0. The molecule has 6 heteroatoms. The summed E-state index contributed by atoms with van der Waals surface area (Å²) in [6, 6.07) is 11.4. The van der Waals surface area contributed by atoms with Gasteiger partial charge in [0.1, 0.15) is 5.75 Å². The number of phenols is 1. The van der Waals surface area contributed by atoms with E-state index in [9.17, 15) is 24.9 Å². The van der Waals surface area contributed by atoms with Crippen LogP contribution < -0.4 is 0 Å². The van der Waals surface area contributed by atoms with Gasteiger partial charge in [-0.25, -0.2) is 0 Å². The quantitative estimate of drug-likeness (QED) is 0.304. The van der Waals surface area contributed by atoms with Crippen molar-refractivity contribution >= 4 is 28.7 Å².